The molecule has 0 atom stereocenters. The average Bonchev–Trinajstić information content (AvgIpc) is 2.71. The molecule has 0 amide bonds. The summed E-state index contributed by atoms with van der Waals surface area (Å²) in [5.74, 6) is 2.26. The van der Waals surface area contributed by atoms with Gasteiger partial charge in [0.25, 0.3) is 0 Å². The van der Waals surface area contributed by atoms with Gasteiger partial charge < -0.3 is 10.5 Å². The van der Waals surface area contributed by atoms with Crippen molar-refractivity contribution in [1.82, 2.24) is 14.8 Å². The third-order valence-electron chi connectivity index (χ3n) is 2.61. The smallest absolute Gasteiger partial charge is 0.152 e. The molecule has 5 heteroatoms. The van der Waals surface area contributed by atoms with Crippen LogP contribution >= 0.6 is 0 Å². The molecule has 0 aliphatic rings. The summed E-state index contributed by atoms with van der Waals surface area (Å²) in [5, 5.41) is 4.39. The minimum absolute atomic E-state index is 0.540. The summed E-state index contributed by atoms with van der Waals surface area (Å²) in [6.45, 7) is 5.68. The molecule has 0 fully saturated rings. The van der Waals surface area contributed by atoms with Gasteiger partial charge in [0.2, 0.25) is 0 Å². The van der Waals surface area contributed by atoms with Gasteiger partial charge in [-0.25, -0.2) is 9.67 Å². The Morgan fingerprint density at radius 1 is 1.22 bits per heavy atom. The van der Waals surface area contributed by atoms with Gasteiger partial charge in [0.1, 0.15) is 11.6 Å². The van der Waals surface area contributed by atoms with Gasteiger partial charge >= 0.3 is 0 Å². The van der Waals surface area contributed by atoms with E-state index in [1.165, 1.54) is 0 Å². The predicted octanol–water partition coefficient (Wildman–Crippen LogP) is 1.78. The van der Waals surface area contributed by atoms with E-state index in [4.69, 9.17) is 10.5 Å². The molecule has 0 spiro atoms. The first-order valence-electron chi connectivity index (χ1n) is 5.79. The molecular weight excluding hydrogens is 228 g/mol. The number of benzene rings is 1. The first-order chi connectivity index (χ1) is 8.41. The molecule has 0 aliphatic heterocycles. The lowest BCUT2D eigenvalue weighted by atomic mass is 10.1. The topological polar surface area (TPSA) is 66.0 Å². The van der Waals surface area contributed by atoms with E-state index in [-0.39, 0.29) is 0 Å². The number of methoxy groups -OCH3 is 1. The maximum absolute atomic E-state index is 6.12. The van der Waals surface area contributed by atoms with E-state index < -0.39 is 5.54 Å². The Balaban J connectivity index is 2.49. The number of hydrogen-bond donors (Lipinski definition) is 1. The summed E-state index contributed by atoms with van der Waals surface area (Å²) >= 11 is 0. The maximum Gasteiger partial charge on any atom is 0.152 e. The normalized spacial score (nSPS) is 11.6. The Morgan fingerprint density at radius 3 is 2.33 bits per heavy atom. The van der Waals surface area contributed by atoms with Crippen LogP contribution in [-0.4, -0.2) is 21.9 Å². The second-order valence-corrected chi connectivity index (χ2v) is 4.81. The minimum atomic E-state index is -0.540. The molecule has 1 aromatic heterocycles. The molecule has 2 rings (SSSR count). The van der Waals surface area contributed by atoms with E-state index in [9.17, 15) is 0 Å². The third-order valence-corrected chi connectivity index (χ3v) is 2.61. The Kier molecular flexibility index (Phi) is 3.09. The zero-order valence-corrected chi connectivity index (χ0v) is 11.1. The van der Waals surface area contributed by atoms with Crippen molar-refractivity contribution in [3.63, 3.8) is 0 Å². The minimum Gasteiger partial charge on any atom is -0.497 e. The highest BCUT2D eigenvalue weighted by Gasteiger charge is 2.23. The number of rotatable bonds is 3. The number of aromatic nitrogens is 3. The lowest BCUT2D eigenvalue weighted by molar-refractivity contribution is 0.414. The molecule has 0 radical (unpaired) electrons. The standard InChI is InChI=1S/C13H18N4O/c1-9-15-12(13(2,3)14)17(16-9)10-5-7-11(18-4)8-6-10/h5-8H,14H2,1-4H3. The van der Waals surface area contributed by atoms with E-state index in [0.29, 0.717) is 5.82 Å². The van der Waals surface area contributed by atoms with Crippen LogP contribution in [0.3, 0.4) is 0 Å². The van der Waals surface area contributed by atoms with Crippen LogP contribution in [0.2, 0.25) is 0 Å². The molecule has 0 bridgehead atoms. The summed E-state index contributed by atoms with van der Waals surface area (Å²) in [6, 6.07) is 7.64. The predicted molar refractivity (Wildman–Crippen MR) is 69.9 cm³/mol. The van der Waals surface area contributed by atoms with Crippen molar-refractivity contribution in [3.05, 3.63) is 35.9 Å². The second-order valence-electron chi connectivity index (χ2n) is 4.81. The lowest BCUT2D eigenvalue weighted by Gasteiger charge is -2.18. The fourth-order valence-corrected chi connectivity index (χ4v) is 1.74. The molecule has 1 aromatic carbocycles. The van der Waals surface area contributed by atoms with Gasteiger partial charge in [0, 0.05) is 0 Å². The SMILES string of the molecule is COc1ccc(-n2nc(C)nc2C(C)(C)N)cc1. The van der Waals surface area contributed by atoms with Crippen LogP contribution in [0.4, 0.5) is 0 Å². The van der Waals surface area contributed by atoms with Gasteiger partial charge in [-0.3, -0.25) is 0 Å². The molecule has 96 valence electrons. The van der Waals surface area contributed by atoms with Crippen LogP contribution in [0.5, 0.6) is 5.75 Å². The largest absolute Gasteiger partial charge is 0.497 e. The van der Waals surface area contributed by atoms with E-state index in [0.717, 1.165) is 17.3 Å². The second kappa shape index (κ2) is 4.42. The Morgan fingerprint density at radius 2 is 1.83 bits per heavy atom. The zero-order valence-electron chi connectivity index (χ0n) is 11.1. The van der Waals surface area contributed by atoms with E-state index in [1.807, 2.05) is 45.0 Å². The summed E-state index contributed by atoms with van der Waals surface area (Å²) in [6.07, 6.45) is 0. The van der Waals surface area contributed by atoms with Crippen molar-refractivity contribution in [2.24, 2.45) is 5.73 Å². The van der Waals surface area contributed by atoms with Crippen molar-refractivity contribution < 1.29 is 4.74 Å². The fraction of sp³-hybridized carbons (Fsp3) is 0.385. The number of nitrogens with two attached hydrogens (primary N) is 1. The van der Waals surface area contributed by atoms with Crippen molar-refractivity contribution in [3.8, 4) is 11.4 Å². The number of nitrogens with zero attached hydrogens (tertiary/aromatic N) is 3. The first kappa shape index (κ1) is 12.6. The van der Waals surface area contributed by atoms with Crippen LogP contribution in [0, 0.1) is 6.92 Å². The van der Waals surface area contributed by atoms with Crippen molar-refractivity contribution >= 4 is 0 Å². The highest BCUT2D eigenvalue weighted by Crippen LogP contribution is 2.20. The van der Waals surface area contributed by atoms with Crippen LogP contribution in [0.1, 0.15) is 25.5 Å². The molecule has 0 saturated carbocycles. The summed E-state index contributed by atoms with van der Waals surface area (Å²) < 4.78 is 6.91. The Hall–Kier alpha value is -1.88. The molecule has 5 nitrogen and oxygen atoms in total. The maximum atomic E-state index is 6.12. The highest BCUT2D eigenvalue weighted by atomic mass is 16.5. The number of hydrogen-bond acceptors (Lipinski definition) is 4. The van der Waals surface area contributed by atoms with Crippen molar-refractivity contribution in [1.29, 1.82) is 0 Å². The van der Waals surface area contributed by atoms with Gasteiger partial charge in [-0.2, -0.15) is 5.10 Å². The Bertz CT molecular complexity index is 537. The van der Waals surface area contributed by atoms with Crippen LogP contribution in [-0.2, 0) is 5.54 Å². The van der Waals surface area contributed by atoms with Crippen LogP contribution in [0.25, 0.3) is 5.69 Å². The van der Waals surface area contributed by atoms with Gasteiger partial charge in [-0.1, -0.05) is 0 Å². The van der Waals surface area contributed by atoms with Crippen LogP contribution < -0.4 is 10.5 Å². The first-order valence-corrected chi connectivity index (χ1v) is 5.79. The molecule has 0 unspecified atom stereocenters. The van der Waals surface area contributed by atoms with Gasteiger partial charge in [-0.05, 0) is 45.0 Å². The molecule has 2 aromatic rings. The summed E-state index contributed by atoms with van der Waals surface area (Å²) in [4.78, 5) is 4.40. The molecule has 0 saturated heterocycles. The molecule has 2 N–H and O–H groups in total. The molecule has 18 heavy (non-hydrogen) atoms. The fourth-order valence-electron chi connectivity index (χ4n) is 1.74. The Labute approximate surface area is 107 Å². The van der Waals surface area contributed by atoms with Gasteiger partial charge in [-0.15, -0.1) is 0 Å². The zero-order chi connectivity index (χ0) is 13.3. The third kappa shape index (κ3) is 2.36. The van der Waals surface area contributed by atoms with Gasteiger partial charge in [0.05, 0.1) is 18.3 Å². The highest BCUT2D eigenvalue weighted by molar-refractivity contribution is 5.38. The molecule has 0 aliphatic carbocycles. The van der Waals surface area contributed by atoms with E-state index >= 15 is 0 Å². The number of aryl methyl sites for hydroxylation is 1. The van der Waals surface area contributed by atoms with E-state index in [2.05, 4.69) is 10.1 Å². The summed E-state index contributed by atoms with van der Waals surface area (Å²) in [7, 11) is 1.64. The monoisotopic (exact) mass is 246 g/mol. The number of ether oxygens (including phenoxy) is 1. The molecule has 1 heterocycles. The molecular formula is C13H18N4O. The quantitative estimate of drug-likeness (QED) is 0.896. The van der Waals surface area contributed by atoms with Crippen LogP contribution in [0.15, 0.2) is 24.3 Å². The lowest BCUT2D eigenvalue weighted by Crippen LogP contribution is -2.32. The van der Waals surface area contributed by atoms with Crippen molar-refractivity contribution in [2.45, 2.75) is 26.3 Å². The van der Waals surface area contributed by atoms with Crippen molar-refractivity contribution in [2.75, 3.05) is 7.11 Å². The average molecular weight is 246 g/mol. The van der Waals surface area contributed by atoms with Gasteiger partial charge in [0.15, 0.2) is 5.82 Å². The summed E-state index contributed by atoms with van der Waals surface area (Å²) in [5.41, 5.74) is 6.50. The van der Waals surface area contributed by atoms with E-state index in [1.54, 1.807) is 11.8 Å².